The molecule has 1 aromatic heterocycles. The molecule has 276 valence electrons. The average molecular weight is 744 g/mol. The van der Waals surface area contributed by atoms with Gasteiger partial charge in [-0.15, -0.1) is 0 Å². The van der Waals surface area contributed by atoms with Crippen LogP contribution in [0, 0.1) is 5.92 Å². The molecule has 2 aliphatic carbocycles. The second kappa shape index (κ2) is 13.8. The minimum Gasteiger partial charge on any atom is -0.453 e. The second-order valence-corrected chi connectivity index (χ2v) is 15.7. The standard InChI is InChI=1S/C56H41NO/c1-38-15-13-18-42(37-38)41-29-33-46(34-30-41)57(45-31-27-40(28-32-45)39-16-5-2-6-17-39)52-26-14-24-47-48-35-36-51-53(55(48)58-54(47)52)49-23-11-12-25-50(49)56(51,43-19-7-3-8-20-43)44-21-9-4-10-22-44/h2-36,38H,37H2,1H3. The van der Waals surface area contributed by atoms with Crippen molar-refractivity contribution in [1.82, 2.24) is 0 Å². The van der Waals surface area contributed by atoms with Crippen LogP contribution in [-0.2, 0) is 5.41 Å². The largest absolute Gasteiger partial charge is 0.453 e. The van der Waals surface area contributed by atoms with Crippen LogP contribution in [0.3, 0.4) is 0 Å². The van der Waals surface area contributed by atoms with Gasteiger partial charge < -0.3 is 9.32 Å². The highest BCUT2D eigenvalue weighted by Gasteiger charge is 2.47. The van der Waals surface area contributed by atoms with Crippen LogP contribution in [0.25, 0.3) is 49.8 Å². The maximum Gasteiger partial charge on any atom is 0.159 e. The number of hydrogen-bond donors (Lipinski definition) is 0. The van der Waals surface area contributed by atoms with E-state index in [0.29, 0.717) is 5.92 Å². The molecule has 1 atom stereocenters. The third-order valence-corrected chi connectivity index (χ3v) is 12.3. The van der Waals surface area contributed by atoms with Crippen molar-refractivity contribution < 1.29 is 4.42 Å². The Labute approximate surface area is 339 Å². The Morgan fingerprint density at radius 1 is 0.500 bits per heavy atom. The van der Waals surface area contributed by atoms with Crippen molar-refractivity contribution >= 4 is 44.6 Å². The molecule has 0 N–H and O–H groups in total. The van der Waals surface area contributed by atoms with Gasteiger partial charge in [-0.1, -0.05) is 189 Å². The zero-order chi connectivity index (χ0) is 38.6. The van der Waals surface area contributed by atoms with Gasteiger partial charge in [0.2, 0.25) is 0 Å². The lowest BCUT2D eigenvalue weighted by molar-refractivity contribution is 0.669. The van der Waals surface area contributed by atoms with Crippen molar-refractivity contribution in [1.29, 1.82) is 0 Å². The highest BCUT2D eigenvalue weighted by molar-refractivity contribution is 6.15. The van der Waals surface area contributed by atoms with Crippen LogP contribution in [0.2, 0.25) is 0 Å². The molecule has 0 saturated carbocycles. The molecule has 9 aromatic rings. The highest BCUT2D eigenvalue weighted by Crippen LogP contribution is 2.59. The zero-order valence-electron chi connectivity index (χ0n) is 32.3. The molecule has 0 aliphatic heterocycles. The first-order valence-corrected chi connectivity index (χ1v) is 20.3. The van der Waals surface area contributed by atoms with Gasteiger partial charge in [0, 0.05) is 27.7 Å². The van der Waals surface area contributed by atoms with Crippen molar-refractivity contribution in [2.45, 2.75) is 18.8 Å². The maximum atomic E-state index is 7.34. The molecule has 0 fully saturated rings. The zero-order valence-corrected chi connectivity index (χ0v) is 32.3. The number of fused-ring (bicyclic) bond motifs is 7. The molecule has 0 spiro atoms. The fourth-order valence-corrected chi connectivity index (χ4v) is 9.68. The smallest absolute Gasteiger partial charge is 0.159 e. The SMILES string of the molecule is CC1C=CC=C(c2ccc(N(c3ccc(-c4ccccc4)cc3)c3cccc4c3oc3c5c(ccc34)C(c3ccccc3)(c3ccccc3)c3ccccc3-5)cc2)C1. The number of allylic oxidation sites excluding steroid dienone is 4. The summed E-state index contributed by atoms with van der Waals surface area (Å²) in [5, 5.41) is 2.21. The van der Waals surface area contributed by atoms with E-state index in [1.807, 2.05) is 0 Å². The van der Waals surface area contributed by atoms with Crippen molar-refractivity contribution in [2.24, 2.45) is 5.92 Å². The first kappa shape index (κ1) is 34.1. The van der Waals surface area contributed by atoms with Gasteiger partial charge in [0.25, 0.3) is 0 Å². The van der Waals surface area contributed by atoms with E-state index in [1.54, 1.807) is 0 Å². The number of benzene rings is 8. The lowest BCUT2D eigenvalue weighted by Crippen LogP contribution is -2.28. The minimum atomic E-state index is -0.500. The fourth-order valence-electron chi connectivity index (χ4n) is 9.68. The van der Waals surface area contributed by atoms with Crippen molar-refractivity contribution in [3.05, 3.63) is 240 Å². The molecule has 8 aromatic carbocycles. The van der Waals surface area contributed by atoms with Gasteiger partial charge in [-0.25, -0.2) is 0 Å². The van der Waals surface area contributed by atoms with Crippen LogP contribution in [0.5, 0.6) is 0 Å². The quantitative estimate of drug-likeness (QED) is 0.162. The predicted octanol–water partition coefficient (Wildman–Crippen LogP) is 15.1. The topological polar surface area (TPSA) is 16.4 Å². The van der Waals surface area contributed by atoms with Crippen LogP contribution < -0.4 is 4.90 Å². The van der Waals surface area contributed by atoms with Crippen LogP contribution in [0.4, 0.5) is 17.1 Å². The van der Waals surface area contributed by atoms with E-state index in [1.165, 1.54) is 50.1 Å². The van der Waals surface area contributed by atoms with Gasteiger partial charge in [-0.3, -0.25) is 0 Å². The number of furan rings is 1. The average Bonchev–Trinajstić information content (AvgIpc) is 3.83. The molecule has 0 amide bonds. The first-order valence-electron chi connectivity index (χ1n) is 20.3. The Balaban J connectivity index is 1.13. The summed E-state index contributed by atoms with van der Waals surface area (Å²) in [6.07, 6.45) is 7.77. The summed E-state index contributed by atoms with van der Waals surface area (Å²) in [6, 6.07) is 70.6. The number of nitrogens with zero attached hydrogens (tertiary/aromatic N) is 1. The monoisotopic (exact) mass is 743 g/mol. The van der Waals surface area contributed by atoms with Gasteiger partial charge >= 0.3 is 0 Å². The number of rotatable bonds is 7. The minimum absolute atomic E-state index is 0.500. The number of hydrogen-bond acceptors (Lipinski definition) is 2. The lowest BCUT2D eigenvalue weighted by atomic mass is 9.68. The maximum absolute atomic E-state index is 7.34. The molecule has 2 heteroatoms. The molecule has 0 radical (unpaired) electrons. The second-order valence-electron chi connectivity index (χ2n) is 15.7. The third-order valence-electron chi connectivity index (χ3n) is 12.3. The third kappa shape index (κ3) is 5.33. The molecule has 1 unspecified atom stereocenters. The Hall–Kier alpha value is -7.16. The molecule has 0 saturated heterocycles. The van der Waals surface area contributed by atoms with E-state index in [-0.39, 0.29) is 0 Å². The van der Waals surface area contributed by atoms with E-state index in [4.69, 9.17) is 4.42 Å². The molecule has 0 bridgehead atoms. The molecule has 11 rings (SSSR count). The van der Waals surface area contributed by atoms with Crippen LogP contribution >= 0.6 is 0 Å². The van der Waals surface area contributed by atoms with Gasteiger partial charge in [0.15, 0.2) is 5.58 Å². The van der Waals surface area contributed by atoms with Crippen molar-refractivity contribution in [3.8, 4) is 22.3 Å². The first-order chi connectivity index (χ1) is 28.7. The van der Waals surface area contributed by atoms with Crippen LogP contribution in [-0.4, -0.2) is 0 Å². The summed E-state index contributed by atoms with van der Waals surface area (Å²) in [6.45, 7) is 2.28. The van der Waals surface area contributed by atoms with E-state index in [9.17, 15) is 0 Å². The molecular weight excluding hydrogens is 703 g/mol. The van der Waals surface area contributed by atoms with Crippen LogP contribution in [0.1, 0.15) is 41.2 Å². The summed E-state index contributed by atoms with van der Waals surface area (Å²) in [5.41, 5.74) is 16.8. The Morgan fingerprint density at radius 2 is 1.09 bits per heavy atom. The molecular formula is C56H41NO. The van der Waals surface area contributed by atoms with Gasteiger partial charge in [-0.05, 0) is 92.8 Å². The summed E-state index contributed by atoms with van der Waals surface area (Å²) >= 11 is 0. The van der Waals surface area contributed by atoms with E-state index in [2.05, 4.69) is 224 Å². The summed E-state index contributed by atoms with van der Waals surface area (Å²) in [7, 11) is 0. The van der Waals surface area contributed by atoms with Crippen LogP contribution in [0.15, 0.2) is 217 Å². The number of anilines is 3. The van der Waals surface area contributed by atoms with E-state index < -0.39 is 5.41 Å². The molecule has 2 aliphatic rings. The van der Waals surface area contributed by atoms with Crippen molar-refractivity contribution in [2.75, 3.05) is 4.90 Å². The summed E-state index contributed by atoms with van der Waals surface area (Å²) in [4.78, 5) is 2.35. The predicted molar refractivity (Wildman–Crippen MR) is 242 cm³/mol. The Bertz CT molecular complexity index is 2970. The highest BCUT2D eigenvalue weighted by atomic mass is 16.3. The fraction of sp³-hybridized carbons (Fsp3) is 0.0714. The van der Waals surface area contributed by atoms with Crippen molar-refractivity contribution in [3.63, 3.8) is 0 Å². The van der Waals surface area contributed by atoms with E-state index >= 15 is 0 Å². The van der Waals surface area contributed by atoms with E-state index in [0.717, 1.165) is 51.0 Å². The Morgan fingerprint density at radius 3 is 1.76 bits per heavy atom. The lowest BCUT2D eigenvalue weighted by Gasteiger charge is -2.33. The number of para-hydroxylation sites is 1. The normalized spacial score (nSPS) is 15.3. The molecule has 1 heterocycles. The summed E-state index contributed by atoms with van der Waals surface area (Å²) in [5.74, 6) is 0.531. The Kier molecular flexibility index (Phi) is 8.11. The van der Waals surface area contributed by atoms with Gasteiger partial charge in [0.1, 0.15) is 5.58 Å². The van der Waals surface area contributed by atoms with Gasteiger partial charge in [0.05, 0.1) is 11.1 Å². The molecule has 2 nitrogen and oxygen atoms in total. The molecule has 58 heavy (non-hydrogen) atoms. The summed E-state index contributed by atoms with van der Waals surface area (Å²) < 4.78 is 7.34. The van der Waals surface area contributed by atoms with Gasteiger partial charge in [-0.2, -0.15) is 0 Å².